The summed E-state index contributed by atoms with van der Waals surface area (Å²) < 4.78 is 19.9. The fourth-order valence-electron chi connectivity index (χ4n) is 3.39. The molecule has 1 aromatic carbocycles. The van der Waals surface area contributed by atoms with E-state index in [0.29, 0.717) is 22.9 Å². The number of nitrogens with zero attached hydrogens (tertiary/aromatic N) is 2. The Bertz CT molecular complexity index is 907. The van der Waals surface area contributed by atoms with Gasteiger partial charge < -0.3 is 10.1 Å². The number of rotatable bonds is 4. The number of esters is 1. The third kappa shape index (κ3) is 2.75. The Labute approximate surface area is 144 Å². The van der Waals surface area contributed by atoms with E-state index in [1.807, 2.05) is 0 Å². The molecule has 2 aromatic heterocycles. The average molecular weight is 342 g/mol. The van der Waals surface area contributed by atoms with Crippen molar-refractivity contribution in [2.75, 3.05) is 12.4 Å². The molecule has 1 saturated carbocycles. The fourth-order valence-corrected chi connectivity index (χ4v) is 3.39. The molecule has 3 aromatic rings. The minimum absolute atomic E-state index is 0.297. The number of ether oxygens (including phenoxy) is 1. The first-order valence-corrected chi connectivity index (χ1v) is 8.38. The van der Waals surface area contributed by atoms with E-state index in [0.717, 1.165) is 24.2 Å². The summed E-state index contributed by atoms with van der Waals surface area (Å²) in [6.45, 7) is 0. The number of anilines is 1. The number of aromatic nitrogens is 3. The second-order valence-corrected chi connectivity index (χ2v) is 6.28. The van der Waals surface area contributed by atoms with Crippen molar-refractivity contribution >= 4 is 17.4 Å². The van der Waals surface area contributed by atoms with Gasteiger partial charge in [-0.25, -0.2) is 18.7 Å². The molecule has 4 rings (SSSR count). The van der Waals surface area contributed by atoms with Crippen molar-refractivity contribution in [2.45, 2.75) is 31.7 Å². The summed E-state index contributed by atoms with van der Waals surface area (Å²) in [6.07, 6.45) is 6.18. The Morgan fingerprint density at radius 1 is 1.32 bits per heavy atom. The monoisotopic (exact) mass is 342 g/mol. The van der Waals surface area contributed by atoms with Gasteiger partial charge >= 0.3 is 5.97 Å². The number of nitrogens with one attached hydrogen (secondary N) is 2. The molecule has 0 saturated heterocycles. The third-order valence-electron chi connectivity index (χ3n) is 4.68. The summed E-state index contributed by atoms with van der Waals surface area (Å²) in [6, 6.07) is 6.56. The normalized spacial score (nSPS) is 15.0. The zero-order valence-electron chi connectivity index (χ0n) is 13.9. The second-order valence-electron chi connectivity index (χ2n) is 6.28. The number of H-pyrrole nitrogens is 1. The number of aromatic amines is 1. The number of hydrogen-bond acceptors (Lipinski definition) is 4. The topological polar surface area (TPSA) is 71.4 Å². The van der Waals surface area contributed by atoms with Gasteiger partial charge in [0.15, 0.2) is 11.5 Å². The van der Waals surface area contributed by atoms with Crippen molar-refractivity contribution in [2.24, 2.45) is 0 Å². The van der Waals surface area contributed by atoms with Gasteiger partial charge in [-0.1, -0.05) is 12.8 Å². The van der Waals surface area contributed by atoms with Crippen LogP contribution in [0.25, 0.3) is 16.9 Å². The lowest BCUT2D eigenvalue weighted by atomic mass is 10.1. The summed E-state index contributed by atoms with van der Waals surface area (Å²) in [5, 5.41) is 6.60. The maximum atomic E-state index is 13.3. The molecule has 0 spiro atoms. The number of benzene rings is 1. The van der Waals surface area contributed by atoms with Crippen LogP contribution in [0, 0.1) is 5.82 Å². The van der Waals surface area contributed by atoms with Gasteiger partial charge in [0.1, 0.15) is 17.1 Å². The van der Waals surface area contributed by atoms with Gasteiger partial charge in [0.2, 0.25) is 0 Å². The van der Waals surface area contributed by atoms with E-state index in [9.17, 15) is 9.18 Å². The van der Waals surface area contributed by atoms with Crippen molar-refractivity contribution in [3.63, 3.8) is 0 Å². The molecule has 1 aliphatic carbocycles. The Kier molecular flexibility index (Phi) is 3.91. The van der Waals surface area contributed by atoms with E-state index in [1.165, 1.54) is 32.1 Å². The van der Waals surface area contributed by atoms with E-state index in [1.54, 1.807) is 22.8 Å². The van der Waals surface area contributed by atoms with Crippen LogP contribution in [0.5, 0.6) is 0 Å². The predicted molar refractivity (Wildman–Crippen MR) is 92.2 cm³/mol. The van der Waals surface area contributed by atoms with Crippen molar-refractivity contribution in [3.8, 4) is 11.3 Å². The van der Waals surface area contributed by atoms with Gasteiger partial charge in [-0.2, -0.15) is 0 Å². The zero-order chi connectivity index (χ0) is 17.4. The number of hydrogen-bond donors (Lipinski definition) is 2. The first-order valence-electron chi connectivity index (χ1n) is 8.38. The van der Waals surface area contributed by atoms with Crippen LogP contribution in [-0.4, -0.2) is 33.7 Å². The zero-order valence-corrected chi connectivity index (χ0v) is 13.9. The number of imidazole rings is 1. The van der Waals surface area contributed by atoms with E-state index in [2.05, 4.69) is 15.4 Å². The fraction of sp³-hybridized carbons (Fsp3) is 0.333. The smallest absolute Gasteiger partial charge is 0.343 e. The maximum absolute atomic E-state index is 13.3. The van der Waals surface area contributed by atoms with Crippen LogP contribution >= 0.6 is 0 Å². The van der Waals surface area contributed by atoms with Gasteiger partial charge in [-0.3, -0.25) is 5.10 Å². The highest BCUT2D eigenvalue weighted by atomic mass is 19.1. The van der Waals surface area contributed by atoms with Gasteiger partial charge in [0.25, 0.3) is 0 Å². The standard InChI is InChI=1S/C18H19FN4O2/c1-25-18(24)14-10-20-23-16(14)22-15(11-6-8-12(19)9-7-11)17(23)21-13-4-2-3-5-13/h6-10,13,20-21H,2-5H2,1H3. The molecule has 2 N–H and O–H groups in total. The first-order chi connectivity index (χ1) is 12.2. The minimum atomic E-state index is -0.450. The highest BCUT2D eigenvalue weighted by Gasteiger charge is 2.24. The molecule has 6 nitrogen and oxygen atoms in total. The van der Waals surface area contributed by atoms with Crippen molar-refractivity contribution in [1.29, 1.82) is 0 Å². The van der Waals surface area contributed by atoms with Crippen LogP contribution in [0.15, 0.2) is 30.5 Å². The number of halogens is 1. The van der Waals surface area contributed by atoms with E-state index >= 15 is 0 Å². The minimum Gasteiger partial charge on any atom is -0.465 e. The SMILES string of the molecule is COC(=O)c1c[nH]n2c(NC3CCCC3)c(-c3ccc(F)cc3)nc12. The molecule has 0 atom stereocenters. The first kappa shape index (κ1) is 15.7. The maximum Gasteiger partial charge on any atom is 0.343 e. The van der Waals surface area contributed by atoms with Gasteiger partial charge in [0, 0.05) is 17.8 Å². The molecule has 1 fully saturated rings. The van der Waals surface area contributed by atoms with Crippen LogP contribution in [0.3, 0.4) is 0 Å². The summed E-state index contributed by atoms with van der Waals surface area (Å²) >= 11 is 0. The third-order valence-corrected chi connectivity index (χ3v) is 4.68. The van der Waals surface area contributed by atoms with Crippen LogP contribution in [-0.2, 0) is 4.74 Å². The number of carbonyl (C=O) groups is 1. The lowest BCUT2D eigenvalue weighted by molar-refractivity contribution is 0.0602. The second kappa shape index (κ2) is 6.23. The molecule has 7 heteroatoms. The van der Waals surface area contributed by atoms with E-state index in [-0.39, 0.29) is 5.82 Å². The van der Waals surface area contributed by atoms with Gasteiger partial charge in [-0.05, 0) is 37.1 Å². The van der Waals surface area contributed by atoms with Crippen molar-refractivity contribution < 1.29 is 13.9 Å². The highest BCUT2D eigenvalue weighted by molar-refractivity contribution is 5.97. The Morgan fingerprint density at radius 3 is 2.72 bits per heavy atom. The van der Waals surface area contributed by atoms with Crippen molar-refractivity contribution in [1.82, 2.24) is 14.6 Å². The summed E-state index contributed by atoms with van der Waals surface area (Å²) in [4.78, 5) is 16.6. The molecule has 2 heterocycles. The Balaban J connectivity index is 1.85. The van der Waals surface area contributed by atoms with E-state index in [4.69, 9.17) is 4.74 Å². The number of carbonyl (C=O) groups excluding carboxylic acids is 1. The van der Waals surface area contributed by atoms with Gasteiger partial charge in [0.05, 0.1) is 7.11 Å². The molecular weight excluding hydrogens is 323 g/mol. The van der Waals surface area contributed by atoms with Crippen LogP contribution in [0.2, 0.25) is 0 Å². The molecule has 0 unspecified atom stereocenters. The van der Waals surface area contributed by atoms with Gasteiger partial charge in [-0.15, -0.1) is 0 Å². The van der Waals surface area contributed by atoms with Crippen LogP contribution in [0.1, 0.15) is 36.0 Å². The average Bonchev–Trinajstić information content (AvgIpc) is 3.33. The molecule has 0 aliphatic heterocycles. The molecule has 0 bridgehead atoms. The summed E-state index contributed by atoms with van der Waals surface area (Å²) in [5.74, 6) is 0.0343. The molecule has 0 amide bonds. The summed E-state index contributed by atoms with van der Waals surface area (Å²) in [7, 11) is 1.34. The molecule has 1 aliphatic rings. The Morgan fingerprint density at radius 2 is 2.04 bits per heavy atom. The van der Waals surface area contributed by atoms with Crippen LogP contribution < -0.4 is 5.32 Å². The van der Waals surface area contributed by atoms with E-state index < -0.39 is 5.97 Å². The molecule has 0 radical (unpaired) electrons. The molecule has 130 valence electrons. The number of methoxy groups -OCH3 is 1. The highest BCUT2D eigenvalue weighted by Crippen LogP contribution is 2.32. The number of fused-ring (bicyclic) bond motifs is 1. The summed E-state index contributed by atoms with van der Waals surface area (Å²) in [5.41, 5.74) is 2.33. The Hall–Kier alpha value is -2.83. The lowest BCUT2D eigenvalue weighted by Crippen LogP contribution is -2.16. The largest absolute Gasteiger partial charge is 0.465 e. The van der Waals surface area contributed by atoms with Crippen molar-refractivity contribution in [3.05, 3.63) is 41.8 Å². The molecule has 25 heavy (non-hydrogen) atoms. The van der Waals surface area contributed by atoms with Crippen LogP contribution in [0.4, 0.5) is 10.2 Å². The predicted octanol–water partition coefficient (Wildman–Crippen LogP) is 3.61. The lowest BCUT2D eigenvalue weighted by Gasteiger charge is -2.14. The molecular formula is C18H19FN4O2. The quantitative estimate of drug-likeness (QED) is 0.711.